The summed E-state index contributed by atoms with van der Waals surface area (Å²) in [6.45, 7) is 9.79. The maximum atomic E-state index is 6.20. The van der Waals surface area contributed by atoms with Gasteiger partial charge in [-0.1, -0.05) is 32.9 Å². The van der Waals surface area contributed by atoms with Gasteiger partial charge in [0, 0.05) is 18.0 Å². The van der Waals surface area contributed by atoms with Crippen LogP contribution in [0.25, 0.3) is 0 Å². The lowest BCUT2D eigenvalue weighted by molar-refractivity contribution is 0.0445. The molecule has 2 rings (SSSR count). The fraction of sp³-hybridized carbons (Fsp3) is 0.625. The van der Waals surface area contributed by atoms with Crippen LogP contribution >= 0.6 is 0 Å². The standard InChI is InChI=1S/C16H25NO/c1-5-12-8-9-15-13(10-12)14(17-7-3)11-16(4,6-2)18-15/h8-10,14,17H,5-7,11H2,1-4H3. The zero-order chi connectivity index (χ0) is 13.2. The van der Waals surface area contributed by atoms with Crippen LogP contribution in [0.15, 0.2) is 18.2 Å². The summed E-state index contributed by atoms with van der Waals surface area (Å²) in [7, 11) is 0. The summed E-state index contributed by atoms with van der Waals surface area (Å²) >= 11 is 0. The molecule has 0 amide bonds. The highest BCUT2D eigenvalue weighted by Gasteiger charge is 2.35. The molecule has 0 bridgehead atoms. The fourth-order valence-electron chi connectivity index (χ4n) is 2.68. The second kappa shape index (κ2) is 5.31. The molecule has 2 nitrogen and oxygen atoms in total. The van der Waals surface area contributed by atoms with Crippen molar-refractivity contribution in [3.8, 4) is 5.75 Å². The van der Waals surface area contributed by atoms with Crippen molar-refractivity contribution in [2.45, 2.75) is 58.6 Å². The van der Waals surface area contributed by atoms with Gasteiger partial charge in [-0.15, -0.1) is 0 Å². The Kier molecular flexibility index (Phi) is 3.96. The number of benzene rings is 1. The van der Waals surface area contributed by atoms with E-state index in [9.17, 15) is 0 Å². The van der Waals surface area contributed by atoms with Crippen LogP contribution in [0.1, 0.15) is 57.7 Å². The molecule has 0 saturated carbocycles. The Morgan fingerprint density at radius 1 is 1.33 bits per heavy atom. The van der Waals surface area contributed by atoms with Crippen LogP contribution in [0, 0.1) is 0 Å². The maximum absolute atomic E-state index is 6.20. The molecule has 0 fully saturated rings. The van der Waals surface area contributed by atoms with Crippen molar-refractivity contribution in [3.05, 3.63) is 29.3 Å². The van der Waals surface area contributed by atoms with Gasteiger partial charge in [0.25, 0.3) is 0 Å². The van der Waals surface area contributed by atoms with Crippen molar-refractivity contribution in [3.63, 3.8) is 0 Å². The number of rotatable bonds is 4. The summed E-state index contributed by atoms with van der Waals surface area (Å²) in [6, 6.07) is 7.06. The van der Waals surface area contributed by atoms with Gasteiger partial charge in [0.15, 0.2) is 0 Å². The molecule has 1 heterocycles. The average Bonchev–Trinajstić information content (AvgIpc) is 2.38. The molecule has 0 aromatic heterocycles. The van der Waals surface area contributed by atoms with E-state index in [1.54, 1.807) is 0 Å². The van der Waals surface area contributed by atoms with Crippen LogP contribution < -0.4 is 10.1 Å². The summed E-state index contributed by atoms with van der Waals surface area (Å²) in [5.41, 5.74) is 2.69. The van der Waals surface area contributed by atoms with Gasteiger partial charge in [0.05, 0.1) is 0 Å². The monoisotopic (exact) mass is 247 g/mol. The van der Waals surface area contributed by atoms with Crippen molar-refractivity contribution < 1.29 is 4.74 Å². The molecular formula is C16H25NO. The van der Waals surface area contributed by atoms with Gasteiger partial charge >= 0.3 is 0 Å². The summed E-state index contributed by atoms with van der Waals surface area (Å²) in [5.74, 6) is 1.06. The zero-order valence-electron chi connectivity index (χ0n) is 12.0. The van der Waals surface area contributed by atoms with Gasteiger partial charge in [0.1, 0.15) is 11.4 Å². The van der Waals surface area contributed by atoms with Crippen LogP contribution in [0.4, 0.5) is 0 Å². The Balaban J connectivity index is 2.38. The molecule has 1 aliphatic heterocycles. The van der Waals surface area contributed by atoms with Crippen LogP contribution in [0.3, 0.4) is 0 Å². The normalized spacial score (nSPS) is 26.6. The Hall–Kier alpha value is -1.02. The molecule has 2 atom stereocenters. The third-order valence-corrected chi connectivity index (χ3v) is 4.05. The molecule has 1 aromatic rings. The number of aryl methyl sites for hydroxylation is 1. The van der Waals surface area contributed by atoms with Gasteiger partial charge in [-0.25, -0.2) is 0 Å². The summed E-state index contributed by atoms with van der Waals surface area (Å²) < 4.78 is 6.20. The number of fused-ring (bicyclic) bond motifs is 1. The number of ether oxygens (including phenoxy) is 1. The van der Waals surface area contributed by atoms with Crippen molar-refractivity contribution in [1.82, 2.24) is 5.32 Å². The molecular weight excluding hydrogens is 222 g/mol. The minimum absolute atomic E-state index is 0.0342. The predicted octanol–water partition coefficient (Wildman–Crippen LogP) is 3.85. The molecule has 0 spiro atoms. The van der Waals surface area contributed by atoms with Crippen LogP contribution in [0.2, 0.25) is 0 Å². The molecule has 2 heteroatoms. The number of nitrogens with one attached hydrogen (secondary N) is 1. The van der Waals surface area contributed by atoms with E-state index in [1.165, 1.54) is 11.1 Å². The van der Waals surface area contributed by atoms with Gasteiger partial charge in [-0.3, -0.25) is 0 Å². The Labute approximate surface area is 111 Å². The minimum atomic E-state index is -0.0342. The quantitative estimate of drug-likeness (QED) is 0.872. The lowest BCUT2D eigenvalue weighted by atomic mass is 9.86. The van der Waals surface area contributed by atoms with E-state index in [4.69, 9.17) is 4.74 Å². The number of hydrogen-bond acceptors (Lipinski definition) is 2. The van der Waals surface area contributed by atoms with Crippen molar-refractivity contribution in [2.75, 3.05) is 6.54 Å². The van der Waals surface area contributed by atoms with Gasteiger partial charge in [-0.2, -0.15) is 0 Å². The summed E-state index contributed by atoms with van der Waals surface area (Å²) in [6.07, 6.45) is 3.18. The highest BCUT2D eigenvalue weighted by Crippen LogP contribution is 2.41. The summed E-state index contributed by atoms with van der Waals surface area (Å²) in [4.78, 5) is 0. The van der Waals surface area contributed by atoms with Crippen molar-refractivity contribution >= 4 is 0 Å². The van der Waals surface area contributed by atoms with Gasteiger partial charge < -0.3 is 10.1 Å². The molecule has 0 aliphatic carbocycles. The highest BCUT2D eigenvalue weighted by atomic mass is 16.5. The van der Waals surface area contributed by atoms with Crippen molar-refractivity contribution in [2.24, 2.45) is 0 Å². The lowest BCUT2D eigenvalue weighted by Crippen LogP contribution is -2.41. The fourth-order valence-corrected chi connectivity index (χ4v) is 2.68. The topological polar surface area (TPSA) is 21.3 Å². The number of hydrogen-bond donors (Lipinski definition) is 1. The van der Waals surface area contributed by atoms with Crippen LogP contribution in [-0.2, 0) is 6.42 Å². The Bertz CT molecular complexity index is 416. The first-order valence-corrected chi connectivity index (χ1v) is 7.17. The average molecular weight is 247 g/mol. The van der Waals surface area contributed by atoms with E-state index >= 15 is 0 Å². The molecule has 1 aromatic carbocycles. The molecule has 1 aliphatic rings. The first-order valence-electron chi connectivity index (χ1n) is 7.17. The first kappa shape index (κ1) is 13.4. The Morgan fingerprint density at radius 3 is 2.72 bits per heavy atom. The maximum Gasteiger partial charge on any atom is 0.124 e. The molecule has 2 unspecified atom stereocenters. The van der Waals surface area contributed by atoms with Gasteiger partial charge in [0.2, 0.25) is 0 Å². The van der Waals surface area contributed by atoms with E-state index in [0.29, 0.717) is 6.04 Å². The van der Waals surface area contributed by atoms with Gasteiger partial charge in [-0.05, 0) is 37.9 Å². The van der Waals surface area contributed by atoms with E-state index in [-0.39, 0.29) is 5.60 Å². The Morgan fingerprint density at radius 2 is 2.11 bits per heavy atom. The third kappa shape index (κ3) is 2.54. The smallest absolute Gasteiger partial charge is 0.124 e. The summed E-state index contributed by atoms with van der Waals surface area (Å²) in [5, 5.41) is 3.60. The second-order valence-electron chi connectivity index (χ2n) is 5.45. The third-order valence-electron chi connectivity index (χ3n) is 4.05. The second-order valence-corrected chi connectivity index (χ2v) is 5.45. The largest absolute Gasteiger partial charge is 0.487 e. The molecule has 100 valence electrons. The van der Waals surface area contributed by atoms with Crippen LogP contribution in [0.5, 0.6) is 5.75 Å². The van der Waals surface area contributed by atoms with E-state index in [2.05, 4.69) is 51.2 Å². The zero-order valence-corrected chi connectivity index (χ0v) is 12.0. The van der Waals surface area contributed by atoms with E-state index in [0.717, 1.165) is 31.6 Å². The van der Waals surface area contributed by atoms with E-state index < -0.39 is 0 Å². The predicted molar refractivity (Wildman–Crippen MR) is 76.2 cm³/mol. The first-order chi connectivity index (χ1) is 8.61. The minimum Gasteiger partial charge on any atom is -0.487 e. The van der Waals surface area contributed by atoms with Crippen LogP contribution in [-0.4, -0.2) is 12.1 Å². The van der Waals surface area contributed by atoms with Crippen molar-refractivity contribution in [1.29, 1.82) is 0 Å². The molecule has 18 heavy (non-hydrogen) atoms. The molecule has 1 N–H and O–H groups in total. The lowest BCUT2D eigenvalue weighted by Gasteiger charge is -2.40. The highest BCUT2D eigenvalue weighted by molar-refractivity contribution is 5.42. The molecule has 0 radical (unpaired) electrons. The molecule has 0 saturated heterocycles. The van der Waals surface area contributed by atoms with E-state index in [1.807, 2.05) is 0 Å². The SMILES string of the molecule is CCNC1CC(C)(CC)Oc2ccc(CC)cc21.